The molecular weight excluding hydrogens is 314 g/mol. The topological polar surface area (TPSA) is 58.3 Å². The monoisotopic (exact) mass is 336 g/mol. The number of aliphatic imine (C=N–C) groups is 1. The number of aromatic nitrogens is 3. The van der Waals surface area contributed by atoms with Gasteiger partial charge in [0.25, 0.3) is 0 Å². The van der Waals surface area contributed by atoms with Crippen LogP contribution in [0.5, 0.6) is 0 Å². The first-order valence-electron chi connectivity index (χ1n) is 7.62. The first-order valence-corrected chi connectivity index (χ1v) is 7.62. The van der Waals surface area contributed by atoms with E-state index in [9.17, 15) is 8.78 Å². The lowest BCUT2D eigenvalue weighted by Crippen LogP contribution is -2.40. The Morgan fingerprint density at radius 3 is 2.75 bits per heavy atom. The zero-order chi connectivity index (χ0) is 17.7. The Morgan fingerprint density at radius 1 is 1.42 bits per heavy atom. The van der Waals surface area contributed by atoms with Crippen LogP contribution in [0.15, 0.2) is 29.5 Å². The van der Waals surface area contributed by atoms with Crippen molar-refractivity contribution in [2.75, 3.05) is 20.6 Å². The van der Waals surface area contributed by atoms with E-state index in [2.05, 4.69) is 20.4 Å². The van der Waals surface area contributed by atoms with E-state index in [1.807, 2.05) is 25.9 Å². The largest absolute Gasteiger partial charge is 0.356 e. The summed E-state index contributed by atoms with van der Waals surface area (Å²) in [6.45, 7) is 2.88. The van der Waals surface area contributed by atoms with Gasteiger partial charge in [-0.1, -0.05) is 13.0 Å². The maximum atomic E-state index is 13.8. The third kappa shape index (κ3) is 4.27. The lowest BCUT2D eigenvalue weighted by Gasteiger charge is -2.23. The molecule has 1 aromatic carbocycles. The first kappa shape index (κ1) is 17.8. The summed E-state index contributed by atoms with van der Waals surface area (Å²) in [7, 11) is 5.39. The molecule has 0 aliphatic carbocycles. The van der Waals surface area contributed by atoms with E-state index in [0.29, 0.717) is 24.6 Å². The lowest BCUT2D eigenvalue weighted by atomic mass is 10.0. The lowest BCUT2D eigenvalue weighted by molar-refractivity contribution is 0.445. The minimum absolute atomic E-state index is 0.134. The van der Waals surface area contributed by atoms with Crippen molar-refractivity contribution in [1.29, 1.82) is 0 Å². The maximum absolute atomic E-state index is 13.8. The minimum atomic E-state index is -0.573. The van der Waals surface area contributed by atoms with Crippen LogP contribution in [-0.4, -0.2) is 46.3 Å². The molecule has 0 aliphatic heterocycles. The molecule has 8 heteroatoms. The second-order valence-electron chi connectivity index (χ2n) is 5.65. The molecule has 130 valence electrons. The van der Waals surface area contributed by atoms with Crippen molar-refractivity contribution in [2.45, 2.75) is 19.4 Å². The highest BCUT2D eigenvalue weighted by molar-refractivity contribution is 5.79. The van der Waals surface area contributed by atoms with Crippen LogP contribution in [0, 0.1) is 11.6 Å². The quantitative estimate of drug-likeness (QED) is 0.669. The van der Waals surface area contributed by atoms with Crippen LogP contribution in [-0.2, 0) is 13.6 Å². The summed E-state index contributed by atoms with van der Waals surface area (Å²) >= 11 is 0. The molecule has 0 radical (unpaired) electrons. The summed E-state index contributed by atoms with van der Waals surface area (Å²) in [5, 5.41) is 7.23. The Labute approximate surface area is 140 Å². The molecule has 0 spiro atoms. The highest BCUT2D eigenvalue weighted by Crippen LogP contribution is 2.19. The van der Waals surface area contributed by atoms with Gasteiger partial charge < -0.3 is 10.2 Å². The van der Waals surface area contributed by atoms with Gasteiger partial charge in [0, 0.05) is 39.7 Å². The van der Waals surface area contributed by atoms with Gasteiger partial charge in [0.2, 0.25) is 0 Å². The number of halogens is 2. The van der Waals surface area contributed by atoms with Crippen LogP contribution < -0.4 is 5.32 Å². The van der Waals surface area contributed by atoms with Crippen LogP contribution in [0.1, 0.15) is 24.2 Å². The molecule has 0 saturated carbocycles. The highest BCUT2D eigenvalue weighted by Gasteiger charge is 2.14. The highest BCUT2D eigenvalue weighted by atomic mass is 19.1. The van der Waals surface area contributed by atoms with Crippen LogP contribution in [0.2, 0.25) is 0 Å². The number of guanidine groups is 1. The van der Waals surface area contributed by atoms with Crippen LogP contribution in [0.25, 0.3) is 0 Å². The smallest absolute Gasteiger partial charge is 0.193 e. The number of hydrogen-bond donors (Lipinski definition) is 1. The number of rotatable bonds is 5. The van der Waals surface area contributed by atoms with Crippen molar-refractivity contribution < 1.29 is 8.78 Å². The molecule has 0 amide bonds. The van der Waals surface area contributed by atoms with E-state index in [1.165, 1.54) is 18.5 Å². The third-order valence-electron chi connectivity index (χ3n) is 3.82. The van der Waals surface area contributed by atoms with Crippen molar-refractivity contribution >= 4 is 5.96 Å². The standard InChI is InChI=1S/C16H22F2N6/c1-11(13-6-5-12(17)7-14(13)18)8-20-16(19-2)23(3)9-15-21-10-22-24(15)4/h5-7,10-11H,8-9H2,1-4H3,(H,19,20). The summed E-state index contributed by atoms with van der Waals surface area (Å²) in [6, 6.07) is 3.65. The van der Waals surface area contributed by atoms with Gasteiger partial charge in [0.05, 0.1) is 6.54 Å². The van der Waals surface area contributed by atoms with Gasteiger partial charge in [0.1, 0.15) is 23.8 Å². The van der Waals surface area contributed by atoms with Gasteiger partial charge in [-0.2, -0.15) is 5.10 Å². The fourth-order valence-electron chi connectivity index (χ4n) is 2.39. The molecule has 1 N–H and O–H groups in total. The predicted octanol–water partition coefficient (Wildman–Crippen LogP) is 1.90. The number of nitrogens with one attached hydrogen (secondary N) is 1. The molecule has 1 aromatic heterocycles. The van der Waals surface area contributed by atoms with Gasteiger partial charge in [-0.05, 0) is 11.6 Å². The fraction of sp³-hybridized carbons (Fsp3) is 0.438. The molecule has 0 bridgehead atoms. The third-order valence-corrected chi connectivity index (χ3v) is 3.82. The van der Waals surface area contributed by atoms with Gasteiger partial charge in [-0.3, -0.25) is 9.67 Å². The number of benzene rings is 1. The summed E-state index contributed by atoms with van der Waals surface area (Å²) in [5.74, 6) is 0.221. The molecular formula is C16H22F2N6. The average molecular weight is 336 g/mol. The van der Waals surface area contributed by atoms with Crippen molar-refractivity contribution in [3.05, 3.63) is 47.5 Å². The molecule has 2 aromatic rings. The summed E-state index contributed by atoms with van der Waals surface area (Å²) in [5.41, 5.74) is 0.468. The van der Waals surface area contributed by atoms with Gasteiger partial charge in [-0.15, -0.1) is 0 Å². The molecule has 6 nitrogen and oxygen atoms in total. The van der Waals surface area contributed by atoms with Crippen LogP contribution in [0.4, 0.5) is 8.78 Å². The Hall–Kier alpha value is -2.51. The van der Waals surface area contributed by atoms with E-state index >= 15 is 0 Å². The Kier molecular flexibility index (Phi) is 5.83. The van der Waals surface area contributed by atoms with E-state index in [4.69, 9.17) is 0 Å². The van der Waals surface area contributed by atoms with Gasteiger partial charge >= 0.3 is 0 Å². The predicted molar refractivity (Wildman–Crippen MR) is 88.6 cm³/mol. The Bertz CT molecular complexity index is 712. The average Bonchev–Trinajstić information content (AvgIpc) is 2.92. The zero-order valence-corrected chi connectivity index (χ0v) is 14.3. The molecule has 1 heterocycles. The molecule has 0 fully saturated rings. The van der Waals surface area contributed by atoms with Gasteiger partial charge in [0.15, 0.2) is 5.96 Å². The van der Waals surface area contributed by atoms with Gasteiger partial charge in [-0.25, -0.2) is 13.8 Å². The number of aryl methyl sites for hydroxylation is 1. The summed E-state index contributed by atoms with van der Waals surface area (Å²) in [4.78, 5) is 10.3. The number of hydrogen-bond acceptors (Lipinski definition) is 3. The first-order chi connectivity index (χ1) is 11.4. The van der Waals surface area contributed by atoms with Crippen LogP contribution in [0.3, 0.4) is 0 Å². The van der Waals surface area contributed by atoms with Crippen molar-refractivity contribution in [2.24, 2.45) is 12.0 Å². The summed E-state index contributed by atoms with van der Waals surface area (Å²) in [6.07, 6.45) is 1.50. The second-order valence-corrected chi connectivity index (χ2v) is 5.65. The molecule has 0 saturated heterocycles. The van der Waals surface area contributed by atoms with E-state index in [0.717, 1.165) is 11.9 Å². The van der Waals surface area contributed by atoms with Crippen molar-refractivity contribution in [3.8, 4) is 0 Å². The minimum Gasteiger partial charge on any atom is -0.356 e. The molecule has 2 rings (SSSR count). The maximum Gasteiger partial charge on any atom is 0.193 e. The number of nitrogens with zero attached hydrogens (tertiary/aromatic N) is 5. The molecule has 0 aliphatic rings. The summed E-state index contributed by atoms with van der Waals surface area (Å²) < 4.78 is 28.5. The van der Waals surface area contributed by atoms with E-state index < -0.39 is 11.6 Å². The zero-order valence-electron chi connectivity index (χ0n) is 14.3. The fourth-order valence-corrected chi connectivity index (χ4v) is 2.39. The van der Waals surface area contributed by atoms with Crippen molar-refractivity contribution in [3.63, 3.8) is 0 Å². The normalized spacial score (nSPS) is 13.0. The molecule has 24 heavy (non-hydrogen) atoms. The van der Waals surface area contributed by atoms with Crippen LogP contribution >= 0.6 is 0 Å². The molecule has 1 atom stereocenters. The Balaban J connectivity index is 1.96. The Morgan fingerprint density at radius 2 is 2.17 bits per heavy atom. The SMILES string of the molecule is CN=C(NCC(C)c1ccc(F)cc1F)N(C)Cc1ncnn1C. The second kappa shape index (κ2) is 7.85. The van der Waals surface area contributed by atoms with Crippen molar-refractivity contribution in [1.82, 2.24) is 25.0 Å². The van der Waals surface area contributed by atoms with E-state index in [1.54, 1.807) is 11.7 Å². The van der Waals surface area contributed by atoms with E-state index in [-0.39, 0.29) is 5.92 Å². The molecule has 1 unspecified atom stereocenters.